The number of hydrogen-bond acceptors (Lipinski definition) is 6. The minimum Gasteiger partial charge on any atom is -0.493 e. The molecule has 2 aromatic heterocycles. The van der Waals surface area contributed by atoms with Crippen molar-refractivity contribution in [2.45, 2.75) is 25.1 Å². The number of aromatic nitrogens is 3. The van der Waals surface area contributed by atoms with Gasteiger partial charge in [0.2, 0.25) is 0 Å². The van der Waals surface area contributed by atoms with Gasteiger partial charge in [-0.2, -0.15) is 5.10 Å². The molecule has 2 atom stereocenters. The summed E-state index contributed by atoms with van der Waals surface area (Å²) in [6.45, 7) is 0.867. The second-order valence-electron chi connectivity index (χ2n) is 7.09. The molecule has 1 fully saturated rings. The number of fused-ring (bicyclic) bond motifs is 1. The lowest BCUT2D eigenvalue weighted by Crippen LogP contribution is -2.25. The average molecular weight is 417 g/mol. The van der Waals surface area contributed by atoms with Gasteiger partial charge in [-0.05, 0) is 37.2 Å². The third-order valence-corrected chi connectivity index (χ3v) is 5.07. The second-order valence-corrected chi connectivity index (χ2v) is 7.09. The number of carboxylic acid groups (broad SMARTS) is 1. The molecular formula is C20H21F2N5O3. The maximum atomic E-state index is 14.5. The minimum atomic E-state index is -1.16. The number of carbonyl (C=O) groups is 1. The van der Waals surface area contributed by atoms with Gasteiger partial charge in [-0.3, -0.25) is 0 Å². The van der Waals surface area contributed by atoms with Gasteiger partial charge in [0.15, 0.2) is 5.65 Å². The minimum absolute atomic E-state index is 0.0448. The van der Waals surface area contributed by atoms with Gasteiger partial charge in [-0.25, -0.2) is 23.1 Å². The van der Waals surface area contributed by atoms with Crippen LogP contribution in [-0.2, 0) is 0 Å². The summed E-state index contributed by atoms with van der Waals surface area (Å²) in [7, 11) is 0. The fourth-order valence-corrected chi connectivity index (χ4v) is 3.68. The Bertz CT molecular complexity index is 1070. The van der Waals surface area contributed by atoms with E-state index >= 15 is 0 Å². The zero-order valence-electron chi connectivity index (χ0n) is 16.0. The number of anilines is 1. The predicted molar refractivity (Wildman–Crippen MR) is 105 cm³/mol. The van der Waals surface area contributed by atoms with Crippen molar-refractivity contribution in [2.75, 3.05) is 24.6 Å². The summed E-state index contributed by atoms with van der Waals surface area (Å²) in [5, 5.41) is 13.3. The van der Waals surface area contributed by atoms with Crippen LogP contribution in [0.4, 0.5) is 14.6 Å². The fraction of sp³-hybridized carbons (Fsp3) is 0.350. The zero-order valence-corrected chi connectivity index (χ0v) is 16.0. The molecular weight excluding hydrogens is 396 g/mol. The van der Waals surface area contributed by atoms with Crippen LogP contribution in [0.2, 0.25) is 0 Å². The molecule has 1 aliphatic rings. The molecule has 3 aromatic rings. The summed E-state index contributed by atoms with van der Waals surface area (Å²) in [6.07, 6.45) is 2.39. The van der Waals surface area contributed by atoms with Crippen LogP contribution in [0.3, 0.4) is 0 Å². The number of ether oxygens (including phenoxy) is 1. The number of nitrogens with zero attached hydrogens (tertiary/aromatic N) is 4. The molecule has 1 aliphatic heterocycles. The molecule has 10 heteroatoms. The van der Waals surface area contributed by atoms with Crippen molar-refractivity contribution in [3.05, 3.63) is 53.6 Å². The van der Waals surface area contributed by atoms with Gasteiger partial charge in [0.25, 0.3) is 0 Å². The summed E-state index contributed by atoms with van der Waals surface area (Å²) in [5.74, 6) is -0.763. The van der Waals surface area contributed by atoms with Gasteiger partial charge < -0.3 is 20.5 Å². The highest BCUT2D eigenvalue weighted by Crippen LogP contribution is 2.41. The van der Waals surface area contributed by atoms with Crippen molar-refractivity contribution in [3.63, 3.8) is 0 Å². The summed E-state index contributed by atoms with van der Waals surface area (Å²) in [4.78, 5) is 17.5. The van der Waals surface area contributed by atoms with Crippen molar-refractivity contribution in [1.29, 1.82) is 0 Å². The Kier molecular flexibility index (Phi) is 5.49. The highest BCUT2D eigenvalue weighted by atomic mass is 19.1. The van der Waals surface area contributed by atoms with Crippen LogP contribution >= 0.6 is 0 Å². The van der Waals surface area contributed by atoms with Crippen LogP contribution in [-0.4, -0.2) is 51.5 Å². The Hall–Kier alpha value is -3.27. The lowest BCUT2D eigenvalue weighted by atomic mass is 10.0. The summed E-state index contributed by atoms with van der Waals surface area (Å²) >= 11 is 0. The van der Waals surface area contributed by atoms with Crippen molar-refractivity contribution >= 4 is 17.4 Å². The van der Waals surface area contributed by atoms with E-state index in [-0.39, 0.29) is 24.2 Å². The molecule has 4 rings (SSSR count). The molecule has 8 nitrogen and oxygen atoms in total. The van der Waals surface area contributed by atoms with Crippen molar-refractivity contribution < 1.29 is 23.4 Å². The first-order chi connectivity index (χ1) is 14.5. The number of nitrogens with two attached hydrogens (primary N) is 1. The van der Waals surface area contributed by atoms with Crippen molar-refractivity contribution in [2.24, 2.45) is 5.73 Å². The maximum Gasteiger partial charge on any atom is 0.341 e. The van der Waals surface area contributed by atoms with Gasteiger partial charge in [-0.1, -0.05) is 0 Å². The van der Waals surface area contributed by atoms with E-state index < -0.39 is 24.0 Å². The number of benzene rings is 1. The first kappa shape index (κ1) is 20.0. The monoisotopic (exact) mass is 417 g/mol. The molecule has 0 radical (unpaired) electrons. The van der Waals surface area contributed by atoms with E-state index in [4.69, 9.17) is 10.5 Å². The number of rotatable bonds is 7. The van der Waals surface area contributed by atoms with E-state index in [2.05, 4.69) is 10.1 Å². The normalized spacial score (nSPS) is 18.8. The zero-order chi connectivity index (χ0) is 21.3. The number of alkyl halides is 1. The van der Waals surface area contributed by atoms with E-state index in [9.17, 15) is 18.7 Å². The summed E-state index contributed by atoms with van der Waals surface area (Å²) < 4.78 is 35.6. The van der Waals surface area contributed by atoms with Crippen molar-refractivity contribution in [1.82, 2.24) is 14.6 Å². The van der Waals surface area contributed by atoms with Crippen LogP contribution in [0.15, 0.2) is 36.7 Å². The van der Waals surface area contributed by atoms with Crippen LogP contribution in [0.25, 0.3) is 5.65 Å². The molecule has 0 saturated carbocycles. The van der Waals surface area contributed by atoms with Crippen LogP contribution < -0.4 is 15.4 Å². The highest BCUT2D eigenvalue weighted by Gasteiger charge is 2.36. The van der Waals surface area contributed by atoms with Crippen LogP contribution in [0.1, 0.15) is 34.8 Å². The fourth-order valence-electron chi connectivity index (χ4n) is 3.68. The van der Waals surface area contributed by atoms with Crippen LogP contribution in [0, 0.1) is 5.82 Å². The molecule has 0 bridgehead atoms. The molecule has 3 N–H and O–H groups in total. The van der Waals surface area contributed by atoms with E-state index in [1.165, 1.54) is 28.9 Å². The number of hydrogen-bond donors (Lipinski definition) is 2. The van der Waals surface area contributed by atoms with Gasteiger partial charge in [0.1, 0.15) is 29.1 Å². The lowest BCUT2D eigenvalue weighted by Gasteiger charge is -2.27. The van der Waals surface area contributed by atoms with Gasteiger partial charge in [0.05, 0.1) is 25.4 Å². The summed E-state index contributed by atoms with van der Waals surface area (Å²) in [6, 6.07) is 5.28. The van der Waals surface area contributed by atoms with Gasteiger partial charge in [-0.15, -0.1) is 0 Å². The van der Waals surface area contributed by atoms with E-state index in [0.29, 0.717) is 36.7 Å². The first-order valence-electron chi connectivity index (χ1n) is 9.58. The Morgan fingerprint density at radius 1 is 1.37 bits per heavy atom. The molecule has 1 saturated heterocycles. The highest BCUT2D eigenvalue weighted by molar-refractivity contribution is 5.94. The topological polar surface area (TPSA) is 106 Å². The van der Waals surface area contributed by atoms with E-state index in [1.54, 1.807) is 17.2 Å². The largest absolute Gasteiger partial charge is 0.493 e. The molecule has 30 heavy (non-hydrogen) atoms. The molecule has 158 valence electrons. The predicted octanol–water partition coefficient (Wildman–Crippen LogP) is 2.58. The molecule has 0 unspecified atom stereocenters. The number of aromatic carboxylic acids is 1. The van der Waals surface area contributed by atoms with Gasteiger partial charge in [0, 0.05) is 18.2 Å². The third-order valence-electron chi connectivity index (χ3n) is 5.07. The SMILES string of the molecule is NCCCOc1ccc(F)cc1[C@H]1C[C@H](F)CN1c1ccn2ncc(C(=O)O)c2n1. The molecule has 0 amide bonds. The molecule has 0 aliphatic carbocycles. The average Bonchev–Trinajstić information content (AvgIpc) is 3.32. The van der Waals surface area contributed by atoms with Crippen molar-refractivity contribution in [3.8, 4) is 5.75 Å². The lowest BCUT2D eigenvalue weighted by molar-refractivity contribution is 0.0698. The molecule has 0 spiro atoms. The van der Waals surface area contributed by atoms with Gasteiger partial charge >= 0.3 is 5.97 Å². The standard InChI is InChI=1S/C20H21F2N5O3/c21-12-2-3-17(30-7-1-5-23)14(8-12)16-9-13(22)11-26(16)18-4-6-27-19(25-18)15(10-24-27)20(28)29/h2-4,6,8,10,13,16H,1,5,7,9,11,23H2,(H,28,29)/t13-,16+/m0/s1. The molecule has 3 heterocycles. The Balaban J connectivity index is 1.73. The van der Waals surface area contributed by atoms with Crippen LogP contribution in [0.5, 0.6) is 5.75 Å². The first-order valence-corrected chi connectivity index (χ1v) is 9.58. The summed E-state index contributed by atoms with van der Waals surface area (Å²) in [5.41, 5.74) is 6.12. The maximum absolute atomic E-state index is 14.5. The quantitative estimate of drug-likeness (QED) is 0.569. The Morgan fingerprint density at radius 2 is 2.20 bits per heavy atom. The second kappa shape index (κ2) is 8.23. The smallest absolute Gasteiger partial charge is 0.341 e. The Labute approximate surface area is 170 Å². The number of carboxylic acids is 1. The van der Waals surface area contributed by atoms with E-state index in [1.807, 2.05) is 0 Å². The number of halogens is 2. The Morgan fingerprint density at radius 3 is 2.97 bits per heavy atom. The molecule has 1 aromatic carbocycles. The third kappa shape index (κ3) is 3.78. The van der Waals surface area contributed by atoms with E-state index in [0.717, 1.165) is 0 Å².